The number of aromatic amines is 1. The van der Waals surface area contributed by atoms with E-state index in [1.165, 1.54) is 0 Å². The zero-order valence-electron chi connectivity index (χ0n) is 10.8. The smallest absolute Gasteiger partial charge is 0.276 e. The lowest BCUT2D eigenvalue weighted by Gasteiger charge is -2.07. The number of hydrogen-bond donors (Lipinski definition) is 3. The Morgan fingerprint density at radius 1 is 1.35 bits per heavy atom. The molecule has 0 aliphatic rings. The fourth-order valence-corrected chi connectivity index (χ4v) is 2.01. The summed E-state index contributed by atoms with van der Waals surface area (Å²) in [7, 11) is 0. The first-order valence-electron chi connectivity index (χ1n) is 6.11. The molecule has 0 radical (unpaired) electrons. The van der Waals surface area contributed by atoms with Gasteiger partial charge in [-0.15, -0.1) is 0 Å². The van der Waals surface area contributed by atoms with Crippen LogP contribution in [0.5, 0.6) is 0 Å². The lowest BCUT2D eigenvalue weighted by Crippen LogP contribution is -2.14. The van der Waals surface area contributed by atoms with Crippen LogP contribution in [-0.4, -0.2) is 21.1 Å². The van der Waals surface area contributed by atoms with E-state index in [4.69, 9.17) is 5.73 Å². The number of nitrogens with two attached hydrogens (primary N) is 1. The first kappa shape index (κ1) is 12.2. The predicted octanol–water partition coefficient (Wildman–Crippen LogP) is 2.10. The number of rotatable bonds is 2. The molecule has 20 heavy (non-hydrogen) atoms. The number of aromatic nitrogens is 3. The van der Waals surface area contributed by atoms with E-state index in [0.717, 1.165) is 11.1 Å². The summed E-state index contributed by atoms with van der Waals surface area (Å²) in [4.78, 5) is 16.2. The number of carbonyl (C=O) groups is 1. The number of benzene rings is 1. The largest absolute Gasteiger partial charge is 0.397 e. The zero-order valence-corrected chi connectivity index (χ0v) is 10.8. The summed E-state index contributed by atoms with van der Waals surface area (Å²) in [6, 6.07) is 7.23. The van der Waals surface area contributed by atoms with Crippen LogP contribution < -0.4 is 11.1 Å². The Morgan fingerprint density at radius 3 is 3.00 bits per heavy atom. The molecule has 0 spiro atoms. The van der Waals surface area contributed by atoms with Gasteiger partial charge in [0.05, 0.1) is 22.3 Å². The highest BCUT2D eigenvalue weighted by atomic mass is 16.1. The minimum absolute atomic E-state index is 0.299. The molecule has 0 fully saturated rings. The van der Waals surface area contributed by atoms with Gasteiger partial charge in [0.1, 0.15) is 0 Å². The minimum atomic E-state index is -0.320. The van der Waals surface area contributed by atoms with Crippen molar-refractivity contribution >= 4 is 28.2 Å². The number of amides is 1. The molecule has 0 saturated heterocycles. The highest BCUT2D eigenvalue weighted by molar-refractivity contribution is 6.11. The van der Waals surface area contributed by atoms with Gasteiger partial charge >= 0.3 is 0 Å². The third-order valence-corrected chi connectivity index (χ3v) is 3.03. The zero-order chi connectivity index (χ0) is 14.1. The molecule has 2 aromatic heterocycles. The Morgan fingerprint density at radius 2 is 2.20 bits per heavy atom. The van der Waals surface area contributed by atoms with Crippen LogP contribution in [0.25, 0.3) is 10.9 Å². The van der Waals surface area contributed by atoms with Crippen LogP contribution in [-0.2, 0) is 0 Å². The van der Waals surface area contributed by atoms with Crippen molar-refractivity contribution in [3.63, 3.8) is 0 Å². The summed E-state index contributed by atoms with van der Waals surface area (Å²) >= 11 is 0. The standard InChI is InChI=1S/C14H13N5O/c1-8-2-3-12(10(15)6-8)17-14(20)13-9-7-16-5-4-11(9)18-19-13/h2-7H,15H2,1H3,(H,17,20)(H,18,19). The van der Waals surface area contributed by atoms with Crippen molar-refractivity contribution in [3.05, 3.63) is 47.9 Å². The summed E-state index contributed by atoms with van der Waals surface area (Å²) in [5.41, 5.74) is 9.08. The number of fused-ring (bicyclic) bond motifs is 1. The summed E-state index contributed by atoms with van der Waals surface area (Å²) in [5.74, 6) is -0.320. The topological polar surface area (TPSA) is 96.7 Å². The lowest BCUT2D eigenvalue weighted by molar-refractivity contribution is 0.102. The average molecular weight is 267 g/mol. The van der Waals surface area contributed by atoms with E-state index in [9.17, 15) is 4.79 Å². The lowest BCUT2D eigenvalue weighted by atomic mass is 10.2. The molecule has 0 unspecified atom stereocenters. The van der Waals surface area contributed by atoms with Crippen molar-refractivity contribution in [1.29, 1.82) is 0 Å². The Bertz CT molecular complexity index is 793. The van der Waals surface area contributed by atoms with Crippen LogP contribution in [0.1, 0.15) is 16.1 Å². The van der Waals surface area contributed by atoms with Gasteiger partial charge in [0.25, 0.3) is 5.91 Å². The van der Waals surface area contributed by atoms with Crippen LogP contribution >= 0.6 is 0 Å². The van der Waals surface area contributed by atoms with Crippen LogP contribution in [0, 0.1) is 6.92 Å². The second-order valence-electron chi connectivity index (χ2n) is 4.54. The van der Waals surface area contributed by atoms with E-state index >= 15 is 0 Å². The van der Waals surface area contributed by atoms with Gasteiger partial charge in [-0.05, 0) is 30.7 Å². The van der Waals surface area contributed by atoms with Gasteiger partial charge in [0, 0.05) is 12.4 Å². The molecule has 2 heterocycles. The first-order chi connectivity index (χ1) is 9.65. The maximum atomic E-state index is 12.2. The number of hydrogen-bond acceptors (Lipinski definition) is 4. The maximum Gasteiger partial charge on any atom is 0.276 e. The molecule has 6 heteroatoms. The number of nitrogen functional groups attached to an aromatic ring is 1. The van der Waals surface area contributed by atoms with Crippen molar-refractivity contribution in [3.8, 4) is 0 Å². The molecule has 1 amide bonds. The van der Waals surface area contributed by atoms with Gasteiger partial charge in [-0.3, -0.25) is 14.9 Å². The van der Waals surface area contributed by atoms with Crippen molar-refractivity contribution in [2.45, 2.75) is 6.92 Å². The summed E-state index contributed by atoms with van der Waals surface area (Å²) in [6.07, 6.45) is 3.24. The SMILES string of the molecule is Cc1ccc(NC(=O)c2n[nH]c3ccncc23)c(N)c1. The molecule has 4 N–H and O–H groups in total. The molecular weight excluding hydrogens is 254 g/mol. The van der Waals surface area contributed by atoms with Gasteiger partial charge in [-0.2, -0.15) is 5.10 Å². The van der Waals surface area contributed by atoms with E-state index < -0.39 is 0 Å². The van der Waals surface area contributed by atoms with Crippen LogP contribution in [0.15, 0.2) is 36.7 Å². The normalized spacial score (nSPS) is 10.7. The van der Waals surface area contributed by atoms with Crippen molar-refractivity contribution < 1.29 is 4.79 Å². The fourth-order valence-electron chi connectivity index (χ4n) is 2.01. The molecule has 3 rings (SSSR count). The molecule has 1 aromatic carbocycles. The van der Waals surface area contributed by atoms with Crippen LogP contribution in [0.4, 0.5) is 11.4 Å². The monoisotopic (exact) mass is 267 g/mol. The molecule has 0 bridgehead atoms. The Labute approximate surface area is 115 Å². The molecule has 0 aliphatic carbocycles. The second kappa shape index (κ2) is 4.65. The Hall–Kier alpha value is -2.89. The number of anilines is 2. The van der Waals surface area contributed by atoms with Crippen molar-refractivity contribution in [2.75, 3.05) is 11.1 Å². The molecule has 6 nitrogen and oxygen atoms in total. The summed E-state index contributed by atoms with van der Waals surface area (Å²) in [6.45, 7) is 1.94. The maximum absolute atomic E-state index is 12.2. The molecular formula is C14H13N5O. The molecule has 100 valence electrons. The third kappa shape index (κ3) is 2.07. The first-order valence-corrected chi connectivity index (χ1v) is 6.11. The number of carbonyl (C=O) groups excluding carboxylic acids is 1. The van der Waals surface area contributed by atoms with E-state index in [0.29, 0.717) is 22.5 Å². The number of H-pyrrole nitrogens is 1. The average Bonchev–Trinajstić information content (AvgIpc) is 2.86. The van der Waals surface area contributed by atoms with Gasteiger partial charge in [-0.25, -0.2) is 0 Å². The number of aryl methyl sites for hydroxylation is 1. The molecule has 3 aromatic rings. The highest BCUT2D eigenvalue weighted by Crippen LogP contribution is 2.21. The van der Waals surface area contributed by atoms with Crippen molar-refractivity contribution in [1.82, 2.24) is 15.2 Å². The van der Waals surface area contributed by atoms with Gasteiger partial charge in [-0.1, -0.05) is 6.07 Å². The summed E-state index contributed by atoms with van der Waals surface area (Å²) < 4.78 is 0. The number of nitrogens with zero attached hydrogens (tertiary/aromatic N) is 2. The van der Waals surface area contributed by atoms with Gasteiger partial charge in [0.15, 0.2) is 5.69 Å². The predicted molar refractivity (Wildman–Crippen MR) is 77.4 cm³/mol. The number of pyridine rings is 1. The molecule has 0 saturated carbocycles. The van der Waals surface area contributed by atoms with E-state index in [1.54, 1.807) is 30.6 Å². The van der Waals surface area contributed by atoms with E-state index in [2.05, 4.69) is 20.5 Å². The van der Waals surface area contributed by atoms with Crippen molar-refractivity contribution in [2.24, 2.45) is 0 Å². The van der Waals surface area contributed by atoms with Crippen LogP contribution in [0.2, 0.25) is 0 Å². The fraction of sp³-hybridized carbons (Fsp3) is 0.0714. The molecule has 0 aliphatic heterocycles. The van der Waals surface area contributed by atoms with E-state index in [1.807, 2.05) is 13.0 Å². The number of nitrogens with one attached hydrogen (secondary N) is 2. The second-order valence-corrected chi connectivity index (χ2v) is 4.54. The van der Waals surface area contributed by atoms with Gasteiger partial charge in [0.2, 0.25) is 0 Å². The summed E-state index contributed by atoms with van der Waals surface area (Å²) in [5, 5.41) is 10.3. The van der Waals surface area contributed by atoms with Crippen LogP contribution in [0.3, 0.4) is 0 Å². The third-order valence-electron chi connectivity index (χ3n) is 3.03. The molecule has 0 atom stereocenters. The van der Waals surface area contributed by atoms with E-state index in [-0.39, 0.29) is 5.91 Å². The minimum Gasteiger partial charge on any atom is -0.397 e. The highest BCUT2D eigenvalue weighted by Gasteiger charge is 2.15. The van der Waals surface area contributed by atoms with Gasteiger partial charge < -0.3 is 11.1 Å². The Kier molecular flexibility index (Phi) is 2.83. The quantitative estimate of drug-likeness (QED) is 0.619. The Balaban J connectivity index is 1.93.